The number of morpholine rings is 1. The van der Waals surface area contributed by atoms with Gasteiger partial charge in [0.2, 0.25) is 0 Å². The second-order valence-corrected chi connectivity index (χ2v) is 7.60. The van der Waals surface area contributed by atoms with Gasteiger partial charge in [-0.2, -0.15) is 0 Å². The molecule has 1 unspecified atom stereocenters. The van der Waals surface area contributed by atoms with Gasteiger partial charge in [0.25, 0.3) is 0 Å². The Hall–Kier alpha value is -2.77. The number of aliphatic imine (C=N–C) groups is 1. The number of hydrogen-bond acceptors (Lipinski definition) is 4. The van der Waals surface area contributed by atoms with E-state index in [0.29, 0.717) is 0 Å². The number of furan rings is 1. The molecule has 0 spiro atoms. The molecule has 3 heterocycles. The van der Waals surface area contributed by atoms with Crippen molar-refractivity contribution in [2.24, 2.45) is 4.99 Å². The lowest BCUT2D eigenvalue weighted by Gasteiger charge is -2.33. The number of para-hydroxylation sites is 1. The number of guanidine groups is 1. The van der Waals surface area contributed by atoms with Gasteiger partial charge in [-0.1, -0.05) is 18.2 Å². The first-order chi connectivity index (χ1) is 14.7. The Morgan fingerprint density at radius 3 is 2.77 bits per heavy atom. The van der Waals surface area contributed by atoms with Crippen molar-refractivity contribution in [2.45, 2.75) is 19.4 Å². The number of fused-ring (bicyclic) bond motifs is 1. The van der Waals surface area contributed by atoms with Crippen LogP contribution in [-0.2, 0) is 11.2 Å². The molecule has 160 valence electrons. The first-order valence-corrected chi connectivity index (χ1v) is 10.6. The normalized spacial score (nSPS) is 16.7. The van der Waals surface area contributed by atoms with Crippen molar-refractivity contribution in [2.75, 3.05) is 46.4 Å². The maximum Gasteiger partial charge on any atom is 0.191 e. The molecule has 1 atom stereocenters. The Labute approximate surface area is 177 Å². The fourth-order valence-electron chi connectivity index (χ4n) is 4.00. The lowest BCUT2D eigenvalue weighted by Crippen LogP contribution is -2.46. The van der Waals surface area contributed by atoms with Crippen molar-refractivity contribution in [3.63, 3.8) is 0 Å². The zero-order valence-corrected chi connectivity index (χ0v) is 17.8. The number of H-pyrrole nitrogens is 1. The molecule has 1 aliphatic rings. The summed E-state index contributed by atoms with van der Waals surface area (Å²) in [6.45, 7) is 6.83. The highest BCUT2D eigenvalue weighted by Gasteiger charge is 2.25. The van der Waals surface area contributed by atoms with Crippen LogP contribution in [0.5, 0.6) is 0 Å². The van der Waals surface area contributed by atoms with Gasteiger partial charge in [0.1, 0.15) is 11.5 Å². The molecule has 0 radical (unpaired) electrons. The molecule has 1 aromatic carbocycles. The number of rotatable bonds is 7. The van der Waals surface area contributed by atoms with Gasteiger partial charge in [-0.15, -0.1) is 0 Å². The summed E-state index contributed by atoms with van der Waals surface area (Å²) in [5.41, 5.74) is 2.49. The van der Waals surface area contributed by atoms with Crippen LogP contribution in [-0.4, -0.2) is 62.3 Å². The van der Waals surface area contributed by atoms with Gasteiger partial charge in [0.05, 0.1) is 19.3 Å². The average molecular weight is 410 g/mol. The molecule has 0 aliphatic carbocycles. The van der Waals surface area contributed by atoms with E-state index >= 15 is 0 Å². The summed E-state index contributed by atoms with van der Waals surface area (Å²) in [5, 5.41) is 8.20. The minimum absolute atomic E-state index is 0.148. The first-order valence-electron chi connectivity index (χ1n) is 10.6. The first kappa shape index (κ1) is 20.5. The standard InChI is InChI=1S/C23H31N5O2/c1-17-7-8-22(30-17)21(28-11-13-29-14-12-28)16-27-23(24-2)25-10-9-18-15-26-20-6-4-3-5-19(18)20/h3-8,15,21,26H,9-14,16H2,1-2H3,(H2,24,25,27). The van der Waals surface area contributed by atoms with Crippen LogP contribution in [0.25, 0.3) is 10.9 Å². The predicted molar refractivity (Wildman–Crippen MR) is 120 cm³/mol. The Morgan fingerprint density at radius 1 is 1.17 bits per heavy atom. The lowest BCUT2D eigenvalue weighted by molar-refractivity contribution is 0.0124. The summed E-state index contributed by atoms with van der Waals surface area (Å²) < 4.78 is 11.5. The zero-order chi connectivity index (χ0) is 20.8. The van der Waals surface area contributed by atoms with Gasteiger partial charge in [-0.05, 0) is 37.1 Å². The fourth-order valence-corrected chi connectivity index (χ4v) is 4.00. The minimum atomic E-state index is 0.148. The highest BCUT2D eigenvalue weighted by molar-refractivity contribution is 5.83. The molecule has 3 aromatic rings. The summed E-state index contributed by atoms with van der Waals surface area (Å²) in [4.78, 5) is 10.1. The van der Waals surface area contributed by atoms with Gasteiger partial charge in [0.15, 0.2) is 5.96 Å². The van der Waals surface area contributed by atoms with E-state index in [-0.39, 0.29) is 6.04 Å². The van der Waals surface area contributed by atoms with Crippen LogP contribution in [0.4, 0.5) is 0 Å². The second kappa shape index (κ2) is 9.82. The van der Waals surface area contributed by atoms with E-state index in [4.69, 9.17) is 9.15 Å². The van der Waals surface area contributed by atoms with E-state index in [1.165, 1.54) is 16.5 Å². The molecular weight excluding hydrogens is 378 g/mol. The molecule has 4 rings (SSSR count). The summed E-state index contributed by atoms with van der Waals surface area (Å²) in [5.74, 6) is 2.72. The maximum atomic E-state index is 5.95. The minimum Gasteiger partial charge on any atom is -0.465 e. The number of benzene rings is 1. The molecule has 1 aliphatic heterocycles. The molecule has 30 heavy (non-hydrogen) atoms. The number of nitrogens with one attached hydrogen (secondary N) is 3. The zero-order valence-electron chi connectivity index (χ0n) is 17.8. The van der Waals surface area contributed by atoms with Crippen LogP contribution in [0.3, 0.4) is 0 Å². The van der Waals surface area contributed by atoms with Crippen LogP contribution in [0, 0.1) is 6.92 Å². The number of ether oxygens (including phenoxy) is 1. The van der Waals surface area contributed by atoms with E-state index in [0.717, 1.165) is 63.3 Å². The summed E-state index contributed by atoms with van der Waals surface area (Å²) >= 11 is 0. The molecule has 1 saturated heterocycles. The largest absolute Gasteiger partial charge is 0.465 e. The van der Waals surface area contributed by atoms with E-state index in [9.17, 15) is 0 Å². The molecular formula is C23H31N5O2. The topological polar surface area (TPSA) is 77.8 Å². The SMILES string of the molecule is CN=C(NCCc1c[nH]c2ccccc12)NCC(c1ccc(C)o1)N1CCOCC1. The maximum absolute atomic E-state index is 5.95. The Morgan fingerprint density at radius 2 is 2.00 bits per heavy atom. The van der Waals surface area contributed by atoms with Gasteiger partial charge < -0.3 is 24.8 Å². The van der Waals surface area contributed by atoms with Crippen molar-refractivity contribution in [1.29, 1.82) is 0 Å². The number of hydrogen-bond donors (Lipinski definition) is 3. The van der Waals surface area contributed by atoms with Crippen molar-refractivity contribution in [3.05, 3.63) is 59.7 Å². The van der Waals surface area contributed by atoms with E-state index in [1.54, 1.807) is 0 Å². The molecule has 7 nitrogen and oxygen atoms in total. The predicted octanol–water partition coefficient (Wildman–Crippen LogP) is 2.85. The molecule has 7 heteroatoms. The van der Waals surface area contributed by atoms with E-state index in [1.807, 2.05) is 20.0 Å². The highest BCUT2D eigenvalue weighted by atomic mass is 16.5. The molecule has 1 fully saturated rings. The average Bonchev–Trinajstić information content (AvgIpc) is 3.40. The Balaban J connectivity index is 1.33. The fraction of sp³-hybridized carbons (Fsp3) is 0.435. The lowest BCUT2D eigenvalue weighted by atomic mass is 10.1. The molecule has 3 N–H and O–H groups in total. The van der Waals surface area contributed by atoms with Gasteiger partial charge in [-0.25, -0.2) is 0 Å². The van der Waals surface area contributed by atoms with E-state index in [2.05, 4.69) is 62.0 Å². The third-order valence-corrected chi connectivity index (χ3v) is 5.62. The summed E-state index contributed by atoms with van der Waals surface area (Å²) in [7, 11) is 1.81. The second-order valence-electron chi connectivity index (χ2n) is 7.60. The monoisotopic (exact) mass is 409 g/mol. The van der Waals surface area contributed by atoms with Crippen LogP contribution in [0.2, 0.25) is 0 Å². The van der Waals surface area contributed by atoms with Crippen molar-refractivity contribution >= 4 is 16.9 Å². The number of aromatic amines is 1. The number of nitrogens with zero attached hydrogens (tertiary/aromatic N) is 2. The number of aromatic nitrogens is 1. The van der Waals surface area contributed by atoms with Crippen molar-refractivity contribution in [1.82, 2.24) is 20.5 Å². The Kier molecular flexibility index (Phi) is 6.71. The molecule has 2 aromatic heterocycles. The molecule has 0 amide bonds. The van der Waals surface area contributed by atoms with Gasteiger partial charge in [0, 0.05) is 50.3 Å². The third kappa shape index (κ3) is 4.86. The van der Waals surface area contributed by atoms with Crippen LogP contribution >= 0.6 is 0 Å². The van der Waals surface area contributed by atoms with Crippen molar-refractivity contribution in [3.8, 4) is 0 Å². The molecule has 0 bridgehead atoms. The Bertz CT molecular complexity index is 971. The van der Waals surface area contributed by atoms with Crippen molar-refractivity contribution < 1.29 is 9.15 Å². The van der Waals surface area contributed by atoms with Crippen LogP contribution in [0.15, 0.2) is 52.0 Å². The van der Waals surface area contributed by atoms with Crippen LogP contribution in [0.1, 0.15) is 23.1 Å². The summed E-state index contributed by atoms with van der Waals surface area (Å²) in [6, 6.07) is 12.6. The van der Waals surface area contributed by atoms with E-state index < -0.39 is 0 Å². The smallest absolute Gasteiger partial charge is 0.191 e. The quantitative estimate of drug-likeness (QED) is 0.413. The van der Waals surface area contributed by atoms with Gasteiger partial charge in [-0.3, -0.25) is 9.89 Å². The van der Waals surface area contributed by atoms with Crippen LogP contribution < -0.4 is 10.6 Å². The number of aryl methyl sites for hydroxylation is 1. The summed E-state index contributed by atoms with van der Waals surface area (Å²) in [6.07, 6.45) is 3.02. The third-order valence-electron chi connectivity index (χ3n) is 5.62. The highest BCUT2D eigenvalue weighted by Crippen LogP contribution is 2.23. The van der Waals surface area contributed by atoms with Gasteiger partial charge >= 0.3 is 0 Å². The molecule has 0 saturated carbocycles.